The van der Waals surface area contributed by atoms with Crippen molar-refractivity contribution in [2.75, 3.05) is 11.9 Å². The molecule has 0 aliphatic carbocycles. The van der Waals surface area contributed by atoms with Crippen LogP contribution in [0.5, 0.6) is 0 Å². The summed E-state index contributed by atoms with van der Waals surface area (Å²) in [6, 6.07) is 1.63. The fraction of sp³-hybridized carbons (Fsp3) is 0.357. The summed E-state index contributed by atoms with van der Waals surface area (Å²) in [4.78, 5) is 20.3. The fourth-order valence-electron chi connectivity index (χ4n) is 1.70. The van der Waals surface area contributed by atoms with Crippen molar-refractivity contribution in [2.45, 2.75) is 26.8 Å². The van der Waals surface area contributed by atoms with E-state index in [9.17, 15) is 4.79 Å². The first kappa shape index (κ1) is 15.3. The number of carbonyl (C=O) groups excluding carboxylic acids is 1. The maximum absolute atomic E-state index is 12.2. The summed E-state index contributed by atoms with van der Waals surface area (Å²) in [5, 5.41) is 6.13. The summed E-state index contributed by atoms with van der Waals surface area (Å²) in [6.45, 7) is 4.84. The van der Waals surface area contributed by atoms with Crippen LogP contribution in [0.4, 0.5) is 5.82 Å². The quantitative estimate of drug-likeness (QED) is 0.857. The highest BCUT2D eigenvalue weighted by atomic mass is 35.5. The topological polar surface area (TPSA) is 80.0 Å². The molecule has 2 rings (SSSR count). The lowest BCUT2D eigenvalue weighted by atomic mass is 10.2. The van der Waals surface area contributed by atoms with Gasteiger partial charge in [0.25, 0.3) is 5.91 Å². The van der Waals surface area contributed by atoms with Crippen LogP contribution in [0.15, 0.2) is 22.9 Å². The van der Waals surface area contributed by atoms with E-state index < -0.39 is 0 Å². The van der Waals surface area contributed by atoms with Crippen LogP contribution >= 0.6 is 11.6 Å². The lowest BCUT2D eigenvalue weighted by Gasteiger charge is -2.08. The minimum absolute atomic E-state index is 0.211. The van der Waals surface area contributed by atoms with Gasteiger partial charge >= 0.3 is 0 Å². The van der Waals surface area contributed by atoms with Crippen LogP contribution in [0, 0.1) is 6.92 Å². The zero-order chi connectivity index (χ0) is 15.2. The molecule has 0 aromatic carbocycles. The molecule has 2 N–H and O–H groups in total. The zero-order valence-corrected chi connectivity index (χ0v) is 12.7. The number of anilines is 1. The predicted octanol–water partition coefficient (Wildman–Crippen LogP) is 2.78. The highest BCUT2D eigenvalue weighted by molar-refractivity contribution is 6.33. The lowest BCUT2D eigenvalue weighted by molar-refractivity contribution is 0.0947. The Hall–Kier alpha value is -2.08. The number of rotatable bonds is 6. The minimum Gasteiger partial charge on any atom is -0.444 e. The third kappa shape index (κ3) is 4.19. The average molecular weight is 309 g/mol. The first-order chi connectivity index (χ1) is 10.1. The molecule has 0 aliphatic heterocycles. The molecule has 21 heavy (non-hydrogen) atoms. The van der Waals surface area contributed by atoms with Gasteiger partial charge in [0.2, 0.25) is 5.89 Å². The van der Waals surface area contributed by atoms with Crippen molar-refractivity contribution in [3.8, 4) is 0 Å². The van der Waals surface area contributed by atoms with E-state index >= 15 is 0 Å². The Morgan fingerprint density at radius 1 is 1.38 bits per heavy atom. The van der Waals surface area contributed by atoms with Crippen molar-refractivity contribution in [1.82, 2.24) is 15.3 Å². The summed E-state index contributed by atoms with van der Waals surface area (Å²) in [6.07, 6.45) is 4.03. The highest BCUT2D eigenvalue weighted by Gasteiger charge is 2.13. The van der Waals surface area contributed by atoms with E-state index in [0.29, 0.717) is 28.1 Å². The summed E-state index contributed by atoms with van der Waals surface area (Å²) in [7, 11) is 0. The van der Waals surface area contributed by atoms with Gasteiger partial charge in [0, 0.05) is 12.7 Å². The number of aryl methyl sites for hydroxylation is 1. The summed E-state index contributed by atoms with van der Waals surface area (Å²) in [5.74, 6) is 1.48. The van der Waals surface area contributed by atoms with Gasteiger partial charge in [0.05, 0.1) is 23.3 Å². The van der Waals surface area contributed by atoms with E-state index in [1.807, 2.05) is 0 Å². The number of halogens is 1. The normalized spacial score (nSPS) is 10.4. The molecule has 0 radical (unpaired) electrons. The van der Waals surface area contributed by atoms with Crippen LogP contribution in [-0.4, -0.2) is 22.4 Å². The second kappa shape index (κ2) is 7.08. The maximum Gasteiger partial charge on any atom is 0.253 e. The van der Waals surface area contributed by atoms with Gasteiger partial charge in [-0.15, -0.1) is 0 Å². The first-order valence-corrected chi connectivity index (χ1v) is 7.07. The van der Waals surface area contributed by atoms with E-state index in [1.54, 1.807) is 19.2 Å². The molecule has 0 fully saturated rings. The number of nitrogens with one attached hydrogen (secondary N) is 2. The van der Waals surface area contributed by atoms with E-state index in [2.05, 4.69) is 27.5 Å². The molecule has 0 atom stereocenters. The summed E-state index contributed by atoms with van der Waals surface area (Å²) >= 11 is 6.02. The number of aromatic nitrogens is 2. The number of amides is 1. The van der Waals surface area contributed by atoms with Crippen LogP contribution < -0.4 is 10.6 Å². The Bertz CT molecular complexity index is 627. The number of oxazole rings is 1. The molecule has 0 unspecified atom stereocenters. The Morgan fingerprint density at radius 3 is 2.86 bits per heavy atom. The van der Waals surface area contributed by atoms with E-state index in [1.165, 1.54) is 6.20 Å². The lowest BCUT2D eigenvalue weighted by Crippen LogP contribution is -2.23. The molecule has 0 saturated heterocycles. The van der Waals surface area contributed by atoms with Gasteiger partial charge in [-0.1, -0.05) is 18.5 Å². The highest BCUT2D eigenvalue weighted by Crippen LogP contribution is 2.18. The molecule has 112 valence electrons. The van der Waals surface area contributed by atoms with Crippen LogP contribution in [-0.2, 0) is 6.54 Å². The SMILES string of the molecule is CCCNc1cc(C(=O)NCc2ncc(C)o2)c(Cl)cn1. The van der Waals surface area contributed by atoms with Crippen LogP contribution in [0.25, 0.3) is 0 Å². The molecule has 2 heterocycles. The smallest absolute Gasteiger partial charge is 0.253 e. The Labute approximate surface area is 127 Å². The minimum atomic E-state index is -0.294. The third-order valence-corrected chi connectivity index (χ3v) is 3.03. The number of carbonyl (C=O) groups is 1. The van der Waals surface area contributed by atoms with Gasteiger partial charge in [-0.2, -0.15) is 0 Å². The molecule has 2 aromatic heterocycles. The summed E-state index contributed by atoms with van der Waals surface area (Å²) < 4.78 is 5.29. The van der Waals surface area contributed by atoms with Gasteiger partial charge < -0.3 is 15.1 Å². The van der Waals surface area contributed by atoms with Crippen molar-refractivity contribution in [3.63, 3.8) is 0 Å². The van der Waals surface area contributed by atoms with Crippen molar-refractivity contribution in [2.24, 2.45) is 0 Å². The van der Waals surface area contributed by atoms with Crippen molar-refractivity contribution < 1.29 is 9.21 Å². The molecule has 0 bridgehead atoms. The maximum atomic E-state index is 12.2. The molecule has 7 heteroatoms. The number of hydrogen-bond donors (Lipinski definition) is 2. The van der Waals surface area contributed by atoms with Gasteiger partial charge in [-0.05, 0) is 19.4 Å². The predicted molar refractivity (Wildman–Crippen MR) is 80.4 cm³/mol. The molecule has 1 amide bonds. The van der Waals surface area contributed by atoms with Crippen LogP contribution in [0.1, 0.15) is 35.4 Å². The largest absolute Gasteiger partial charge is 0.444 e. The molecular weight excluding hydrogens is 292 g/mol. The number of pyridine rings is 1. The molecule has 0 aliphatic rings. The number of hydrogen-bond acceptors (Lipinski definition) is 5. The van der Waals surface area contributed by atoms with Gasteiger partial charge in [0.15, 0.2) is 0 Å². The van der Waals surface area contributed by atoms with Crippen LogP contribution in [0.3, 0.4) is 0 Å². The van der Waals surface area contributed by atoms with Crippen LogP contribution in [0.2, 0.25) is 5.02 Å². The Balaban J connectivity index is 2.03. The van der Waals surface area contributed by atoms with Gasteiger partial charge in [-0.25, -0.2) is 9.97 Å². The molecule has 2 aromatic rings. The van der Waals surface area contributed by atoms with Gasteiger partial charge in [-0.3, -0.25) is 4.79 Å². The number of nitrogens with zero attached hydrogens (tertiary/aromatic N) is 2. The van der Waals surface area contributed by atoms with E-state index in [-0.39, 0.29) is 12.5 Å². The molecule has 0 saturated carbocycles. The molecular formula is C14H17ClN4O2. The summed E-state index contributed by atoms with van der Waals surface area (Å²) in [5.41, 5.74) is 0.369. The van der Waals surface area contributed by atoms with E-state index in [0.717, 1.165) is 13.0 Å². The Kier molecular flexibility index (Phi) is 5.16. The second-order valence-electron chi connectivity index (χ2n) is 4.52. The third-order valence-electron chi connectivity index (χ3n) is 2.73. The fourth-order valence-corrected chi connectivity index (χ4v) is 1.89. The molecule has 0 spiro atoms. The monoisotopic (exact) mass is 308 g/mol. The van der Waals surface area contributed by atoms with Crippen molar-refractivity contribution in [1.29, 1.82) is 0 Å². The van der Waals surface area contributed by atoms with Crippen molar-refractivity contribution in [3.05, 3.63) is 40.7 Å². The Morgan fingerprint density at radius 2 is 2.19 bits per heavy atom. The van der Waals surface area contributed by atoms with E-state index in [4.69, 9.17) is 16.0 Å². The average Bonchev–Trinajstić information content (AvgIpc) is 2.89. The standard InChI is InChI=1S/C14H17ClN4O2/c1-3-4-16-12-5-10(11(15)7-17-12)14(20)19-8-13-18-6-9(2)21-13/h5-7H,3-4,8H2,1-2H3,(H,16,17)(H,19,20). The second-order valence-corrected chi connectivity index (χ2v) is 4.93. The van der Waals surface area contributed by atoms with Crippen molar-refractivity contribution >= 4 is 23.3 Å². The zero-order valence-electron chi connectivity index (χ0n) is 11.9. The van der Waals surface area contributed by atoms with Gasteiger partial charge in [0.1, 0.15) is 11.6 Å². The molecule has 6 nitrogen and oxygen atoms in total. The first-order valence-electron chi connectivity index (χ1n) is 6.69.